The Hall–Kier alpha value is -0.380. The van der Waals surface area contributed by atoms with Crippen LogP contribution in [0.5, 0.6) is 0 Å². The predicted octanol–water partition coefficient (Wildman–Crippen LogP) is 5.58. The zero-order valence-corrected chi connectivity index (χ0v) is 11.6. The average Bonchev–Trinajstić information content (AvgIpc) is 2.54. The van der Waals surface area contributed by atoms with Crippen molar-refractivity contribution in [3.05, 3.63) is 45.3 Å². The van der Waals surface area contributed by atoms with Crippen LogP contribution in [0, 0.1) is 0 Å². The lowest BCUT2D eigenvalue weighted by atomic mass is 10.2. The molecule has 1 aromatic heterocycles. The van der Waals surface area contributed by atoms with Crippen LogP contribution >= 0.6 is 43.2 Å². The van der Waals surface area contributed by atoms with Gasteiger partial charge in [0.25, 0.3) is 0 Å². The molecule has 3 aromatic rings. The third kappa shape index (κ3) is 1.53. The van der Waals surface area contributed by atoms with Crippen LogP contribution in [0.4, 0.5) is 0 Å². The first-order valence-corrected chi connectivity index (χ1v) is 6.92. The molecule has 0 radical (unpaired) electrons. The fourth-order valence-corrected chi connectivity index (χ4v) is 4.67. The maximum atomic E-state index is 3.62. The van der Waals surface area contributed by atoms with Crippen LogP contribution in [0.15, 0.2) is 45.3 Å². The van der Waals surface area contributed by atoms with E-state index in [-0.39, 0.29) is 0 Å². The van der Waals surface area contributed by atoms with Gasteiger partial charge < -0.3 is 0 Å². The summed E-state index contributed by atoms with van der Waals surface area (Å²) < 4.78 is 4.93. The summed E-state index contributed by atoms with van der Waals surface area (Å²) in [6, 6.07) is 12.8. The summed E-state index contributed by atoms with van der Waals surface area (Å²) in [6.07, 6.45) is 0. The molecule has 1 heterocycles. The maximum absolute atomic E-state index is 3.62. The van der Waals surface area contributed by atoms with Gasteiger partial charge in [-0.1, -0.05) is 50.1 Å². The fourth-order valence-electron chi connectivity index (χ4n) is 1.77. The predicted molar refractivity (Wildman–Crippen MR) is 74.7 cm³/mol. The van der Waals surface area contributed by atoms with Gasteiger partial charge in [-0.15, -0.1) is 11.3 Å². The number of rotatable bonds is 0. The second-order valence-electron chi connectivity index (χ2n) is 3.36. The Kier molecular flexibility index (Phi) is 2.34. The molecule has 0 bridgehead atoms. The highest BCUT2D eigenvalue weighted by Crippen LogP contribution is 2.39. The standard InChI is InChI=1S/C12H6Br2S/c13-7-5-9(14)12-8-3-1-2-4-10(8)15-11(12)6-7/h1-6H. The van der Waals surface area contributed by atoms with Gasteiger partial charge in [-0.3, -0.25) is 0 Å². The molecule has 0 unspecified atom stereocenters. The number of halogens is 2. The van der Waals surface area contributed by atoms with Crippen LogP contribution in [0.1, 0.15) is 0 Å². The lowest BCUT2D eigenvalue weighted by Crippen LogP contribution is -1.70. The van der Waals surface area contributed by atoms with Gasteiger partial charge in [0.1, 0.15) is 0 Å². The summed E-state index contributed by atoms with van der Waals surface area (Å²) >= 11 is 8.97. The molecule has 0 fully saturated rings. The number of hydrogen-bond donors (Lipinski definition) is 0. The van der Waals surface area contributed by atoms with Crippen LogP contribution < -0.4 is 0 Å². The molecule has 15 heavy (non-hydrogen) atoms. The molecule has 0 amide bonds. The first-order chi connectivity index (χ1) is 7.25. The minimum Gasteiger partial charge on any atom is -0.135 e. The number of benzene rings is 2. The van der Waals surface area contributed by atoms with E-state index in [0.717, 1.165) is 8.95 Å². The second kappa shape index (κ2) is 3.58. The fraction of sp³-hybridized carbons (Fsp3) is 0. The number of fused-ring (bicyclic) bond motifs is 3. The molecular formula is C12H6Br2S. The number of hydrogen-bond acceptors (Lipinski definition) is 1. The smallest absolute Gasteiger partial charge is 0.0377 e. The van der Waals surface area contributed by atoms with E-state index in [4.69, 9.17) is 0 Å². The van der Waals surface area contributed by atoms with Crippen molar-refractivity contribution in [2.24, 2.45) is 0 Å². The molecule has 0 aliphatic heterocycles. The highest BCUT2D eigenvalue weighted by molar-refractivity contribution is 9.11. The Labute approximate surface area is 108 Å². The molecule has 0 spiro atoms. The summed E-state index contributed by atoms with van der Waals surface area (Å²) in [4.78, 5) is 0. The van der Waals surface area contributed by atoms with Crippen molar-refractivity contribution in [3.8, 4) is 0 Å². The van der Waals surface area contributed by atoms with Gasteiger partial charge in [0, 0.05) is 29.1 Å². The average molecular weight is 342 g/mol. The topological polar surface area (TPSA) is 0 Å². The van der Waals surface area contributed by atoms with Crippen molar-refractivity contribution in [2.45, 2.75) is 0 Å². The third-order valence-electron chi connectivity index (χ3n) is 2.40. The molecule has 0 aliphatic rings. The molecule has 0 saturated heterocycles. The third-order valence-corrected chi connectivity index (χ3v) is 4.60. The normalized spacial score (nSPS) is 11.3. The molecule has 0 saturated carbocycles. The maximum Gasteiger partial charge on any atom is 0.0377 e. The first kappa shape index (κ1) is 9.82. The molecular weight excluding hydrogens is 336 g/mol. The van der Waals surface area contributed by atoms with Gasteiger partial charge in [0.05, 0.1) is 0 Å². The molecule has 74 valence electrons. The van der Waals surface area contributed by atoms with E-state index in [9.17, 15) is 0 Å². The summed E-state index contributed by atoms with van der Waals surface area (Å²) in [6.45, 7) is 0. The number of thiophene rings is 1. The van der Waals surface area contributed by atoms with Gasteiger partial charge in [0.15, 0.2) is 0 Å². The minimum atomic E-state index is 1.12. The van der Waals surface area contributed by atoms with Crippen molar-refractivity contribution < 1.29 is 0 Å². The molecule has 0 atom stereocenters. The highest BCUT2D eigenvalue weighted by atomic mass is 79.9. The molecule has 0 N–H and O–H groups in total. The zero-order valence-electron chi connectivity index (χ0n) is 7.63. The van der Waals surface area contributed by atoms with E-state index in [0.29, 0.717) is 0 Å². The van der Waals surface area contributed by atoms with Gasteiger partial charge in [-0.25, -0.2) is 0 Å². The summed E-state index contributed by atoms with van der Waals surface area (Å²) in [5.74, 6) is 0. The molecule has 0 nitrogen and oxygen atoms in total. The van der Waals surface area contributed by atoms with Gasteiger partial charge in [-0.2, -0.15) is 0 Å². The van der Waals surface area contributed by atoms with E-state index < -0.39 is 0 Å². The molecule has 2 aromatic carbocycles. The van der Waals surface area contributed by atoms with Crippen molar-refractivity contribution >= 4 is 63.4 Å². The second-order valence-corrected chi connectivity index (χ2v) is 6.21. The van der Waals surface area contributed by atoms with E-state index in [1.54, 1.807) is 0 Å². The Morgan fingerprint density at radius 3 is 2.60 bits per heavy atom. The Morgan fingerprint density at radius 2 is 1.73 bits per heavy atom. The Bertz CT molecular complexity index is 655. The summed E-state index contributed by atoms with van der Waals surface area (Å²) in [5.41, 5.74) is 0. The quantitative estimate of drug-likeness (QED) is 0.500. The molecule has 0 aliphatic carbocycles. The van der Waals surface area contributed by atoms with Crippen LogP contribution in [-0.4, -0.2) is 0 Å². The van der Waals surface area contributed by atoms with Gasteiger partial charge in [0.2, 0.25) is 0 Å². The van der Waals surface area contributed by atoms with Crippen molar-refractivity contribution in [1.29, 1.82) is 0 Å². The van der Waals surface area contributed by atoms with E-state index in [2.05, 4.69) is 68.3 Å². The van der Waals surface area contributed by atoms with Crippen LogP contribution in [-0.2, 0) is 0 Å². The Balaban J connectivity index is 2.61. The lowest BCUT2D eigenvalue weighted by molar-refractivity contribution is 1.72. The first-order valence-electron chi connectivity index (χ1n) is 4.52. The van der Waals surface area contributed by atoms with Gasteiger partial charge >= 0.3 is 0 Å². The van der Waals surface area contributed by atoms with Crippen molar-refractivity contribution in [2.75, 3.05) is 0 Å². The SMILES string of the molecule is Brc1cc(Br)c2c(c1)sc1ccccc12. The monoisotopic (exact) mass is 340 g/mol. The highest BCUT2D eigenvalue weighted by Gasteiger charge is 2.08. The largest absolute Gasteiger partial charge is 0.135 e. The molecule has 3 rings (SSSR count). The van der Waals surface area contributed by atoms with E-state index >= 15 is 0 Å². The van der Waals surface area contributed by atoms with E-state index in [1.165, 1.54) is 20.2 Å². The van der Waals surface area contributed by atoms with Crippen LogP contribution in [0.3, 0.4) is 0 Å². The lowest BCUT2D eigenvalue weighted by Gasteiger charge is -1.96. The molecule has 3 heteroatoms. The van der Waals surface area contributed by atoms with Crippen LogP contribution in [0.2, 0.25) is 0 Å². The van der Waals surface area contributed by atoms with Crippen molar-refractivity contribution in [1.82, 2.24) is 0 Å². The van der Waals surface area contributed by atoms with E-state index in [1.807, 2.05) is 11.3 Å². The van der Waals surface area contributed by atoms with Crippen molar-refractivity contribution in [3.63, 3.8) is 0 Å². The van der Waals surface area contributed by atoms with Crippen LogP contribution in [0.25, 0.3) is 20.2 Å². The Morgan fingerprint density at radius 1 is 0.933 bits per heavy atom. The zero-order chi connectivity index (χ0) is 10.4. The van der Waals surface area contributed by atoms with Gasteiger partial charge in [-0.05, 0) is 18.2 Å². The minimum absolute atomic E-state index is 1.12. The summed E-state index contributed by atoms with van der Waals surface area (Å²) in [5, 5.41) is 2.65. The summed E-state index contributed by atoms with van der Waals surface area (Å²) in [7, 11) is 0.